The monoisotopic (exact) mass is 359 g/mol. The Morgan fingerprint density at radius 3 is 2.12 bits per heavy atom. The van der Waals surface area contributed by atoms with Crippen LogP contribution in [0.2, 0.25) is 0 Å². The zero-order valence-electron chi connectivity index (χ0n) is 17.1. The summed E-state index contributed by atoms with van der Waals surface area (Å²) in [6.45, 7) is 16.6. The van der Waals surface area contributed by atoms with Crippen LogP contribution in [-0.2, 0) is 10.8 Å². The van der Waals surface area contributed by atoms with E-state index in [2.05, 4.69) is 57.4 Å². The molecule has 0 amide bonds. The fraction of sp³-hybridized carbons (Fsp3) is 0.600. The SMILES string of the molecule is CCNC(=N)N(C(=N)NCC)c1cc(C(C)(C)C)c2c(c1)C(C)(C)CO2. The van der Waals surface area contributed by atoms with Crippen LogP contribution in [0.4, 0.5) is 5.69 Å². The molecule has 6 heteroatoms. The average molecular weight is 360 g/mol. The normalized spacial score (nSPS) is 15.0. The van der Waals surface area contributed by atoms with Crippen LogP contribution in [-0.4, -0.2) is 31.6 Å². The summed E-state index contributed by atoms with van der Waals surface area (Å²) in [6, 6.07) is 4.12. The highest BCUT2D eigenvalue weighted by atomic mass is 16.5. The van der Waals surface area contributed by atoms with Crippen LogP contribution in [0.1, 0.15) is 59.6 Å². The molecule has 1 aromatic carbocycles. The fourth-order valence-corrected chi connectivity index (χ4v) is 3.15. The van der Waals surface area contributed by atoms with Crippen molar-refractivity contribution >= 4 is 17.6 Å². The Hall–Kier alpha value is -2.24. The van der Waals surface area contributed by atoms with Crippen molar-refractivity contribution in [3.8, 4) is 5.75 Å². The number of anilines is 1. The van der Waals surface area contributed by atoms with E-state index in [0.29, 0.717) is 19.7 Å². The number of fused-ring (bicyclic) bond motifs is 1. The topological polar surface area (TPSA) is 84.2 Å². The van der Waals surface area contributed by atoms with Gasteiger partial charge in [0.25, 0.3) is 0 Å². The Bertz CT molecular complexity index is 685. The van der Waals surface area contributed by atoms with Crippen LogP contribution in [0.25, 0.3) is 0 Å². The quantitative estimate of drug-likeness (QED) is 0.491. The molecule has 1 aliphatic rings. The van der Waals surface area contributed by atoms with E-state index in [9.17, 15) is 0 Å². The minimum absolute atomic E-state index is 0.0994. The molecule has 1 aliphatic heterocycles. The number of hydrogen-bond donors (Lipinski definition) is 4. The Morgan fingerprint density at radius 2 is 1.65 bits per heavy atom. The largest absolute Gasteiger partial charge is 0.492 e. The summed E-state index contributed by atoms with van der Waals surface area (Å²) in [5.41, 5.74) is 2.85. The smallest absolute Gasteiger partial charge is 0.202 e. The van der Waals surface area contributed by atoms with E-state index in [1.54, 1.807) is 4.90 Å². The van der Waals surface area contributed by atoms with E-state index in [1.165, 1.54) is 0 Å². The molecule has 0 fully saturated rings. The van der Waals surface area contributed by atoms with Crippen molar-refractivity contribution in [2.75, 3.05) is 24.6 Å². The molecule has 0 aromatic heterocycles. The lowest BCUT2D eigenvalue weighted by Crippen LogP contribution is -2.49. The molecule has 0 saturated heterocycles. The summed E-state index contributed by atoms with van der Waals surface area (Å²) in [4.78, 5) is 1.62. The van der Waals surface area contributed by atoms with Crippen LogP contribution < -0.4 is 20.3 Å². The van der Waals surface area contributed by atoms with Crippen LogP contribution in [0.15, 0.2) is 12.1 Å². The highest BCUT2D eigenvalue weighted by Gasteiger charge is 2.37. The molecule has 0 spiro atoms. The third kappa shape index (κ3) is 3.79. The number of rotatable bonds is 3. The van der Waals surface area contributed by atoms with Crippen LogP contribution >= 0.6 is 0 Å². The van der Waals surface area contributed by atoms with Gasteiger partial charge in [0.1, 0.15) is 5.75 Å². The molecule has 0 unspecified atom stereocenters. The molecule has 4 N–H and O–H groups in total. The number of benzene rings is 1. The first-order chi connectivity index (χ1) is 12.0. The Balaban J connectivity index is 2.66. The standard InChI is InChI=1S/C20H33N5O/c1-8-23-17(21)25(18(22)24-9-2)13-10-14(19(3,4)5)16-15(11-13)20(6,7)12-26-16/h10-11H,8-9,12H2,1-7H3,(H2,21,23)(H2,22,24). The van der Waals surface area contributed by atoms with Crippen molar-refractivity contribution in [3.63, 3.8) is 0 Å². The molecule has 0 atom stereocenters. The predicted octanol–water partition coefficient (Wildman–Crippen LogP) is 3.55. The third-order valence-electron chi connectivity index (χ3n) is 4.58. The maximum Gasteiger partial charge on any atom is 0.202 e. The molecule has 26 heavy (non-hydrogen) atoms. The summed E-state index contributed by atoms with van der Waals surface area (Å²) in [5, 5.41) is 22.9. The molecule has 0 saturated carbocycles. The second-order valence-electron chi connectivity index (χ2n) is 8.39. The lowest BCUT2D eigenvalue weighted by atomic mass is 9.80. The molecule has 1 heterocycles. The van der Waals surface area contributed by atoms with Gasteiger partial charge < -0.3 is 15.4 Å². The fourth-order valence-electron chi connectivity index (χ4n) is 3.15. The predicted molar refractivity (Wildman–Crippen MR) is 109 cm³/mol. The number of ether oxygens (including phenoxy) is 1. The molecule has 6 nitrogen and oxygen atoms in total. The molecule has 144 valence electrons. The number of nitrogens with one attached hydrogen (secondary N) is 4. The highest BCUT2D eigenvalue weighted by molar-refractivity contribution is 6.15. The molecule has 1 aromatic rings. The van der Waals surface area contributed by atoms with Gasteiger partial charge in [0.05, 0.1) is 12.3 Å². The second-order valence-corrected chi connectivity index (χ2v) is 8.39. The molecular weight excluding hydrogens is 326 g/mol. The lowest BCUT2D eigenvalue weighted by Gasteiger charge is -2.30. The van der Waals surface area contributed by atoms with Gasteiger partial charge in [-0.05, 0) is 31.4 Å². The minimum Gasteiger partial charge on any atom is -0.492 e. The zero-order valence-corrected chi connectivity index (χ0v) is 17.1. The summed E-state index contributed by atoms with van der Waals surface area (Å²) in [5.74, 6) is 1.33. The van der Waals surface area contributed by atoms with Crippen molar-refractivity contribution in [2.24, 2.45) is 0 Å². The van der Waals surface area contributed by atoms with E-state index in [4.69, 9.17) is 15.6 Å². The summed E-state index contributed by atoms with van der Waals surface area (Å²) in [7, 11) is 0. The first kappa shape index (κ1) is 20.1. The van der Waals surface area contributed by atoms with E-state index in [-0.39, 0.29) is 22.7 Å². The number of nitrogens with zero attached hydrogens (tertiary/aromatic N) is 1. The molecule has 0 bridgehead atoms. The van der Waals surface area contributed by atoms with Crippen LogP contribution in [0.5, 0.6) is 5.75 Å². The number of guanidine groups is 2. The Morgan fingerprint density at radius 1 is 1.12 bits per heavy atom. The van der Waals surface area contributed by atoms with Gasteiger partial charge in [-0.3, -0.25) is 15.7 Å². The Kier molecular flexibility index (Phi) is 5.54. The van der Waals surface area contributed by atoms with Gasteiger partial charge in [-0.25, -0.2) is 0 Å². The van der Waals surface area contributed by atoms with Gasteiger partial charge in [0.15, 0.2) is 0 Å². The van der Waals surface area contributed by atoms with Crippen molar-refractivity contribution in [1.82, 2.24) is 10.6 Å². The van der Waals surface area contributed by atoms with Crippen molar-refractivity contribution in [2.45, 2.75) is 59.3 Å². The lowest BCUT2D eigenvalue weighted by molar-refractivity contribution is 0.286. The van der Waals surface area contributed by atoms with Crippen molar-refractivity contribution < 1.29 is 4.74 Å². The van der Waals surface area contributed by atoms with E-state index < -0.39 is 0 Å². The van der Waals surface area contributed by atoms with Crippen molar-refractivity contribution in [1.29, 1.82) is 10.8 Å². The van der Waals surface area contributed by atoms with Gasteiger partial charge in [-0.15, -0.1) is 0 Å². The van der Waals surface area contributed by atoms with E-state index in [1.807, 2.05) is 13.8 Å². The summed E-state index contributed by atoms with van der Waals surface area (Å²) < 4.78 is 6.06. The zero-order chi connectivity index (χ0) is 19.7. The second kappa shape index (κ2) is 7.17. The van der Waals surface area contributed by atoms with Gasteiger partial charge in [-0.2, -0.15) is 0 Å². The van der Waals surface area contributed by atoms with Gasteiger partial charge >= 0.3 is 0 Å². The Labute approximate surface area is 157 Å². The van der Waals surface area contributed by atoms with Crippen LogP contribution in [0, 0.1) is 10.8 Å². The maximum atomic E-state index is 8.42. The number of hydrogen-bond acceptors (Lipinski definition) is 3. The van der Waals surface area contributed by atoms with E-state index in [0.717, 1.165) is 22.6 Å². The van der Waals surface area contributed by atoms with Gasteiger partial charge in [0, 0.05) is 29.6 Å². The molecule has 0 aliphatic carbocycles. The highest BCUT2D eigenvalue weighted by Crippen LogP contribution is 2.46. The minimum atomic E-state index is -0.104. The van der Waals surface area contributed by atoms with Gasteiger partial charge in [0.2, 0.25) is 11.9 Å². The van der Waals surface area contributed by atoms with Crippen LogP contribution in [0.3, 0.4) is 0 Å². The first-order valence-electron chi connectivity index (χ1n) is 9.29. The summed E-state index contributed by atoms with van der Waals surface area (Å²) in [6.07, 6.45) is 0. The maximum absolute atomic E-state index is 8.42. The van der Waals surface area contributed by atoms with Gasteiger partial charge in [-0.1, -0.05) is 34.6 Å². The molecular formula is C20H33N5O. The van der Waals surface area contributed by atoms with Crippen molar-refractivity contribution in [3.05, 3.63) is 23.3 Å². The summed E-state index contributed by atoms with van der Waals surface area (Å²) >= 11 is 0. The third-order valence-corrected chi connectivity index (χ3v) is 4.58. The average Bonchev–Trinajstić information content (AvgIpc) is 2.82. The van der Waals surface area contributed by atoms with E-state index >= 15 is 0 Å². The molecule has 0 radical (unpaired) electrons. The first-order valence-corrected chi connectivity index (χ1v) is 9.29. The molecule has 2 rings (SSSR count).